The number of carbonyl (C=O) groups is 2. The number of ether oxygens (including phenoxy) is 12. The van der Waals surface area contributed by atoms with E-state index in [1.165, 1.54) is 17.2 Å². The molecule has 4 aromatic heterocycles. The first-order chi connectivity index (χ1) is 62.9. The molecule has 2 fully saturated rings. The zero-order chi connectivity index (χ0) is 91.7. The van der Waals surface area contributed by atoms with E-state index in [1.807, 2.05) is 198 Å². The monoisotopic (exact) mass is 1810 g/mol. The maximum atomic E-state index is 14.0. The van der Waals surface area contributed by atoms with E-state index in [4.69, 9.17) is 100 Å². The summed E-state index contributed by atoms with van der Waals surface area (Å²) in [6.07, 6.45) is -5.98. The number of para-hydroxylation sites is 2. The third kappa shape index (κ3) is 21.3. The lowest BCUT2D eigenvalue weighted by molar-refractivity contribution is -0.118. The molecule has 2 saturated heterocycles. The first kappa shape index (κ1) is 94.1. The van der Waals surface area contributed by atoms with Gasteiger partial charge in [0.25, 0.3) is 20.3 Å². The van der Waals surface area contributed by atoms with Gasteiger partial charge < -0.3 is 80.5 Å². The quantitative estimate of drug-likeness (QED) is 0.0119. The highest BCUT2D eigenvalue weighted by molar-refractivity contribution is 7.44. The molecule has 2 aliphatic rings. The SMILES string of the molecule is COc1ccc(C(OC[C@H]2O[C@@H](n3cnc4c(OCCCCOc5nc(NC(=O)COc6ccccc6)nc6c5ncn6[C@@H]5O[C@H](COC(c6ccccc6)(c6ccc(OC)cc6)c6ccc(OC)cc6)[C@@H](O[Si](C)(C)C(C)(C)C)[C@H]5O)nc(NC(=O)COc5ccccc5)nc43)[C@H](O)[C@@H]2OP(OCCC#N)N(C(C)C)C(C)C)(c2ccccc2)c2ccc(OC)cc2)cc1. The van der Waals surface area contributed by atoms with E-state index in [1.54, 1.807) is 81.5 Å². The van der Waals surface area contributed by atoms with Crippen LogP contribution in [-0.2, 0) is 53.2 Å². The van der Waals surface area contributed by atoms with Crippen molar-refractivity contribution in [2.24, 2.45) is 0 Å². The molecule has 8 aromatic carbocycles. The van der Waals surface area contributed by atoms with Gasteiger partial charge in [-0.1, -0.05) is 166 Å². The number of unbranched alkanes of at least 4 members (excludes halogenated alkanes) is 1. The van der Waals surface area contributed by atoms with Gasteiger partial charge in [-0.3, -0.25) is 29.4 Å². The molecule has 4 N–H and O–H groups in total. The number of imidazole rings is 2. The number of fused-ring (bicyclic) bond motifs is 2. The van der Waals surface area contributed by atoms with Crippen molar-refractivity contribution < 1.29 is 90.1 Å². The number of aliphatic hydroxyl groups excluding tert-OH is 2. The standard InChI is InChI=1S/C97H111N12O19PSi/c1-63(2)109(64(3)4)129(124-56-28-53-98)127-85-77(57-122-96(65-29-18-14-19-30-65,67-37-45-71(114-8)46-38-67)68-39-47-72(115-9)48-40-68)125-91(83(85)112)107-61-99-81-87(107)103-93(101-79(110)59-120-75-33-22-16-23-34-75)105-89(81)118-54-26-27-55-119-90-82-88(104-94(106-90)102-80(111)60-121-76-35-24-17-25-36-76)108(62-100-82)92-84(113)86(128-130(12,13)95(5,6)7)78(126-92)58-123-97(66-31-20-15-21-32-66,69-41-49-73(116-10)50-42-69)70-43-51-74(117-11)52-44-70/h14-25,29-52,61-64,77-78,83-86,91-92,112-113H,26-28,54-60H2,1-13H3,(H,101,103,105,110)(H,102,104,106,111)/t77-,78-,83-,84-,85-,86-,91-,92-,129?/m1/s1. The van der Waals surface area contributed by atoms with E-state index >= 15 is 0 Å². The van der Waals surface area contributed by atoms with E-state index in [0.29, 0.717) is 47.3 Å². The minimum Gasteiger partial charge on any atom is -0.497 e. The Bertz CT molecular complexity index is 5630. The van der Waals surface area contributed by atoms with Crippen LogP contribution in [0.2, 0.25) is 18.1 Å². The van der Waals surface area contributed by atoms with Gasteiger partial charge in [-0.25, -0.2) is 14.6 Å². The second-order valence-corrected chi connectivity index (χ2v) is 39.4. The molecule has 6 heterocycles. The lowest BCUT2D eigenvalue weighted by Gasteiger charge is -2.41. The summed E-state index contributed by atoms with van der Waals surface area (Å²) in [6, 6.07) is 69.9. The van der Waals surface area contributed by atoms with Gasteiger partial charge in [0.1, 0.15) is 82.3 Å². The molecule has 9 atom stereocenters. The highest BCUT2D eigenvalue weighted by atomic mass is 31.2. The number of hydrogen-bond acceptors (Lipinski definition) is 27. The summed E-state index contributed by atoms with van der Waals surface area (Å²) < 4.78 is 103. The number of nitrogens with one attached hydrogen (secondary N) is 2. The zero-order valence-electron chi connectivity index (χ0n) is 75.0. The third-order valence-electron chi connectivity index (χ3n) is 23.1. The maximum Gasteiger partial charge on any atom is 0.264 e. The Morgan fingerprint density at radius 3 is 1.20 bits per heavy atom. The highest BCUT2D eigenvalue weighted by Crippen LogP contribution is 2.53. The molecule has 12 aromatic rings. The number of aromatic nitrogens is 8. The third-order valence-corrected chi connectivity index (χ3v) is 29.7. The molecule has 0 aliphatic carbocycles. The van der Waals surface area contributed by atoms with Crippen molar-refractivity contribution in [2.45, 2.75) is 158 Å². The molecule has 33 heteroatoms. The molecule has 14 rings (SSSR count). The lowest BCUT2D eigenvalue weighted by atomic mass is 9.80. The molecule has 682 valence electrons. The summed E-state index contributed by atoms with van der Waals surface area (Å²) in [7, 11) is 1.66. The minimum absolute atomic E-state index is 0.00305. The second kappa shape index (κ2) is 42.7. The van der Waals surface area contributed by atoms with Crippen LogP contribution < -0.4 is 48.5 Å². The van der Waals surface area contributed by atoms with E-state index in [0.717, 1.165) is 33.4 Å². The van der Waals surface area contributed by atoms with Crippen LogP contribution in [0.5, 0.6) is 46.3 Å². The van der Waals surface area contributed by atoms with E-state index < -0.39 is 102 Å². The number of carbonyl (C=O) groups excluding carboxylic acids is 2. The van der Waals surface area contributed by atoms with Crippen LogP contribution in [0.3, 0.4) is 0 Å². The van der Waals surface area contributed by atoms with E-state index in [-0.39, 0.29) is 103 Å². The summed E-state index contributed by atoms with van der Waals surface area (Å²) in [5, 5.41) is 41.3. The average Bonchev–Trinajstić information content (AvgIpc) is 1.76. The number of aliphatic hydroxyl groups is 2. The van der Waals surface area contributed by atoms with Crippen LogP contribution in [0, 0.1) is 11.3 Å². The number of amides is 2. The van der Waals surface area contributed by atoms with Crippen LogP contribution in [0.25, 0.3) is 22.3 Å². The van der Waals surface area contributed by atoms with Gasteiger partial charge in [-0.15, -0.1) is 0 Å². The summed E-state index contributed by atoms with van der Waals surface area (Å²) in [5.74, 6) is 1.86. The molecule has 0 radical (unpaired) electrons. The van der Waals surface area contributed by atoms with Gasteiger partial charge in [0.05, 0.1) is 86.6 Å². The Kier molecular flexibility index (Phi) is 30.9. The van der Waals surface area contributed by atoms with Crippen molar-refractivity contribution in [3.63, 3.8) is 0 Å². The molecule has 31 nitrogen and oxygen atoms in total. The number of nitriles is 1. The molecule has 0 spiro atoms. The summed E-state index contributed by atoms with van der Waals surface area (Å²) in [6.45, 7) is 17.6. The first-order valence-corrected chi connectivity index (χ1v) is 47.2. The number of benzene rings is 8. The fourth-order valence-corrected chi connectivity index (χ4v) is 18.7. The number of rotatable bonds is 43. The first-order valence-electron chi connectivity index (χ1n) is 43.1. The Morgan fingerprint density at radius 1 is 0.492 bits per heavy atom. The number of methoxy groups -OCH3 is 4. The number of nitrogens with zero attached hydrogens (tertiary/aromatic N) is 10. The molecule has 1 unspecified atom stereocenters. The lowest BCUT2D eigenvalue weighted by Crippen LogP contribution is -2.50. The maximum absolute atomic E-state index is 14.0. The van der Waals surface area contributed by atoms with Crippen LogP contribution in [0.15, 0.2) is 231 Å². The summed E-state index contributed by atoms with van der Waals surface area (Å²) >= 11 is 0. The van der Waals surface area contributed by atoms with Crippen molar-refractivity contribution in [3.05, 3.63) is 264 Å². The van der Waals surface area contributed by atoms with Crippen molar-refractivity contribution in [3.8, 4) is 52.3 Å². The number of anilines is 2. The van der Waals surface area contributed by atoms with E-state index in [2.05, 4.69) is 55.2 Å². The molecule has 130 heavy (non-hydrogen) atoms. The fourth-order valence-electron chi connectivity index (χ4n) is 15.6. The second-order valence-electron chi connectivity index (χ2n) is 33.3. The van der Waals surface area contributed by atoms with Crippen molar-refractivity contribution in [1.29, 1.82) is 5.26 Å². The van der Waals surface area contributed by atoms with Gasteiger partial charge >= 0.3 is 0 Å². The van der Waals surface area contributed by atoms with Crippen LogP contribution in [0.1, 0.15) is 114 Å². The van der Waals surface area contributed by atoms with Gasteiger partial charge in [0.15, 0.2) is 56.3 Å². The fraction of sp³-hybridized carbons (Fsp3) is 0.371. The van der Waals surface area contributed by atoms with E-state index in [9.17, 15) is 25.1 Å². The van der Waals surface area contributed by atoms with Gasteiger partial charge in [0.2, 0.25) is 23.7 Å². The predicted octanol–water partition coefficient (Wildman–Crippen LogP) is 15.9. The topological polar surface area (TPSA) is 351 Å². The molecule has 0 bridgehead atoms. The molecule has 2 amide bonds. The highest BCUT2D eigenvalue weighted by Gasteiger charge is 2.54. The number of hydrogen-bond donors (Lipinski definition) is 4. The molecule has 2 aliphatic heterocycles. The summed E-state index contributed by atoms with van der Waals surface area (Å²) in [4.78, 5) is 56.8. The van der Waals surface area contributed by atoms with Gasteiger partial charge in [-0.05, 0) is 165 Å². The van der Waals surface area contributed by atoms with Gasteiger partial charge in [-0.2, -0.15) is 25.2 Å². The smallest absolute Gasteiger partial charge is 0.264 e. The minimum atomic E-state index is -2.74. The molecular weight excluding hydrogens is 1700 g/mol. The molecular formula is C97H111N12O19PSi. The van der Waals surface area contributed by atoms with Crippen molar-refractivity contribution in [1.82, 2.24) is 43.7 Å². The normalized spacial score (nSPS) is 18.0. The Balaban J connectivity index is 0.769. The van der Waals surface area contributed by atoms with Crippen LogP contribution >= 0.6 is 8.53 Å². The Morgan fingerprint density at radius 2 is 0.846 bits per heavy atom. The average molecular weight is 1810 g/mol. The van der Waals surface area contributed by atoms with Crippen molar-refractivity contribution >= 4 is 62.9 Å². The van der Waals surface area contributed by atoms with Crippen molar-refractivity contribution in [2.75, 3.05) is 85.3 Å². The zero-order valence-corrected chi connectivity index (χ0v) is 76.9. The largest absolute Gasteiger partial charge is 0.497 e. The van der Waals surface area contributed by atoms with Crippen LogP contribution in [0.4, 0.5) is 11.9 Å². The Hall–Kier alpha value is -12.1. The predicted molar refractivity (Wildman–Crippen MR) is 491 cm³/mol. The molecule has 0 saturated carbocycles. The van der Waals surface area contributed by atoms with Gasteiger partial charge in [0, 0.05) is 12.1 Å². The van der Waals surface area contributed by atoms with Crippen LogP contribution in [-0.4, -0.2) is 197 Å². The summed E-state index contributed by atoms with van der Waals surface area (Å²) in [5.41, 5.74) is 2.52. The Labute approximate surface area is 758 Å².